The Balaban J connectivity index is 1.93. The molecule has 2 aromatic carbocycles. The summed E-state index contributed by atoms with van der Waals surface area (Å²) in [7, 11) is 0. The van der Waals surface area contributed by atoms with Crippen LogP contribution in [0.2, 0.25) is 0 Å². The molecule has 8 nitrogen and oxygen atoms in total. The number of benzene rings is 2. The van der Waals surface area contributed by atoms with E-state index in [1.54, 1.807) is 24.3 Å². The predicted octanol–water partition coefficient (Wildman–Crippen LogP) is 2.30. The lowest BCUT2D eigenvalue weighted by Crippen LogP contribution is -2.38. The highest BCUT2D eigenvalue weighted by Gasteiger charge is 2.11. The quantitative estimate of drug-likeness (QED) is 0.352. The molecule has 8 heteroatoms. The number of anilines is 1. The van der Waals surface area contributed by atoms with Crippen LogP contribution < -0.4 is 20.8 Å². The zero-order valence-electron chi connectivity index (χ0n) is 17.3. The molecule has 0 spiro atoms. The average Bonchev–Trinajstić information content (AvgIpc) is 2.74. The largest absolute Gasteiger partial charge is 0.483 e. The molecular formula is C22H26N4O4. The van der Waals surface area contributed by atoms with Gasteiger partial charge >= 0.3 is 11.8 Å². The van der Waals surface area contributed by atoms with E-state index in [-0.39, 0.29) is 12.5 Å². The summed E-state index contributed by atoms with van der Waals surface area (Å²) >= 11 is 0. The first-order valence-electron chi connectivity index (χ1n) is 9.61. The normalized spacial score (nSPS) is 10.5. The lowest BCUT2D eigenvalue weighted by molar-refractivity contribution is -0.139. The van der Waals surface area contributed by atoms with Crippen LogP contribution in [0.15, 0.2) is 47.6 Å². The van der Waals surface area contributed by atoms with Crippen molar-refractivity contribution in [3.63, 3.8) is 0 Å². The highest BCUT2D eigenvalue weighted by Crippen LogP contribution is 2.19. The smallest absolute Gasteiger partial charge is 0.329 e. The van der Waals surface area contributed by atoms with Crippen LogP contribution in [0.3, 0.4) is 0 Å². The third kappa shape index (κ3) is 6.73. The summed E-state index contributed by atoms with van der Waals surface area (Å²) in [4.78, 5) is 35.4. The number of nitrogens with one attached hydrogen (secondary N) is 3. The van der Waals surface area contributed by atoms with Crippen molar-refractivity contribution in [2.24, 2.45) is 5.10 Å². The zero-order valence-corrected chi connectivity index (χ0v) is 17.3. The molecule has 0 unspecified atom stereocenters. The lowest BCUT2D eigenvalue weighted by atomic mass is 10.1. The number of aryl methyl sites for hydroxylation is 1. The second kappa shape index (κ2) is 11.4. The van der Waals surface area contributed by atoms with Crippen LogP contribution in [-0.2, 0) is 14.4 Å². The molecule has 0 bridgehead atoms. The highest BCUT2D eigenvalue weighted by atomic mass is 16.5. The van der Waals surface area contributed by atoms with E-state index in [9.17, 15) is 14.4 Å². The van der Waals surface area contributed by atoms with Crippen molar-refractivity contribution in [2.45, 2.75) is 27.2 Å². The van der Waals surface area contributed by atoms with Crippen LogP contribution in [0.25, 0.3) is 0 Å². The lowest BCUT2D eigenvalue weighted by Gasteiger charge is -2.12. The molecule has 30 heavy (non-hydrogen) atoms. The third-order valence-electron chi connectivity index (χ3n) is 4.27. The van der Waals surface area contributed by atoms with E-state index in [0.29, 0.717) is 17.9 Å². The molecule has 0 heterocycles. The molecule has 0 saturated carbocycles. The molecule has 0 radical (unpaired) electrons. The van der Waals surface area contributed by atoms with Gasteiger partial charge in [-0.3, -0.25) is 14.4 Å². The van der Waals surface area contributed by atoms with Crippen LogP contribution in [0, 0.1) is 13.8 Å². The van der Waals surface area contributed by atoms with Crippen molar-refractivity contribution < 1.29 is 19.1 Å². The van der Waals surface area contributed by atoms with Crippen molar-refractivity contribution in [3.05, 3.63) is 59.2 Å². The van der Waals surface area contributed by atoms with Gasteiger partial charge in [0, 0.05) is 17.8 Å². The van der Waals surface area contributed by atoms with E-state index >= 15 is 0 Å². The molecule has 0 aliphatic heterocycles. The fraction of sp³-hybridized carbons (Fsp3) is 0.273. The van der Waals surface area contributed by atoms with Gasteiger partial charge in [0.2, 0.25) is 0 Å². The molecule has 0 aromatic heterocycles. The molecule has 3 N–H and O–H groups in total. The molecular weight excluding hydrogens is 384 g/mol. The van der Waals surface area contributed by atoms with Crippen LogP contribution in [0.5, 0.6) is 5.75 Å². The Morgan fingerprint density at radius 3 is 2.57 bits per heavy atom. The molecule has 2 rings (SSSR count). The summed E-state index contributed by atoms with van der Waals surface area (Å²) in [6.07, 6.45) is 2.08. The van der Waals surface area contributed by atoms with E-state index in [1.165, 1.54) is 6.21 Å². The monoisotopic (exact) mass is 410 g/mol. The van der Waals surface area contributed by atoms with E-state index in [0.717, 1.165) is 23.2 Å². The van der Waals surface area contributed by atoms with Gasteiger partial charge in [0.25, 0.3) is 5.91 Å². The summed E-state index contributed by atoms with van der Waals surface area (Å²) in [5, 5.41) is 9.07. The molecule has 0 aliphatic rings. The first kappa shape index (κ1) is 22.6. The number of hydrazone groups is 1. The molecule has 0 atom stereocenters. The van der Waals surface area contributed by atoms with Crippen molar-refractivity contribution in [3.8, 4) is 5.75 Å². The summed E-state index contributed by atoms with van der Waals surface area (Å²) in [6.45, 7) is 6.02. The second-order valence-electron chi connectivity index (χ2n) is 6.58. The van der Waals surface area contributed by atoms with Gasteiger partial charge in [-0.15, -0.1) is 0 Å². The molecule has 3 amide bonds. The SMILES string of the molecule is CCCNC(=O)C(=O)N/N=C\c1ccccc1OCC(=O)Nc1cccc(C)c1C. The van der Waals surface area contributed by atoms with Crippen molar-refractivity contribution in [1.82, 2.24) is 10.7 Å². The predicted molar refractivity (Wildman–Crippen MR) is 116 cm³/mol. The summed E-state index contributed by atoms with van der Waals surface area (Å²) < 4.78 is 5.60. The van der Waals surface area contributed by atoms with E-state index < -0.39 is 11.8 Å². The third-order valence-corrected chi connectivity index (χ3v) is 4.27. The summed E-state index contributed by atoms with van der Waals surface area (Å²) in [6, 6.07) is 12.6. The van der Waals surface area contributed by atoms with Gasteiger partial charge in [-0.1, -0.05) is 31.2 Å². The van der Waals surface area contributed by atoms with Gasteiger partial charge < -0.3 is 15.4 Å². The number of carbonyl (C=O) groups is 3. The summed E-state index contributed by atoms with van der Waals surface area (Å²) in [5.41, 5.74) is 5.53. The van der Waals surface area contributed by atoms with Crippen molar-refractivity contribution in [2.75, 3.05) is 18.5 Å². The number of hydrogen-bond acceptors (Lipinski definition) is 5. The number of hydrogen-bond donors (Lipinski definition) is 3. The Labute approximate surface area is 175 Å². The van der Waals surface area contributed by atoms with Crippen LogP contribution in [-0.4, -0.2) is 37.1 Å². The minimum absolute atomic E-state index is 0.190. The van der Waals surface area contributed by atoms with E-state index in [2.05, 4.69) is 21.2 Å². The molecule has 0 aliphatic carbocycles. The first-order valence-corrected chi connectivity index (χ1v) is 9.61. The standard InChI is InChI=1S/C22H26N4O4/c1-4-12-23-21(28)22(29)26-24-13-17-9-5-6-11-19(17)30-14-20(27)25-18-10-7-8-15(2)16(18)3/h5-11,13H,4,12,14H2,1-3H3,(H,23,28)(H,25,27)(H,26,29)/b24-13-. The van der Waals surface area contributed by atoms with Crippen LogP contribution >= 0.6 is 0 Å². The maximum atomic E-state index is 12.3. The van der Waals surface area contributed by atoms with Gasteiger partial charge in [0.1, 0.15) is 5.75 Å². The minimum Gasteiger partial charge on any atom is -0.483 e. The van der Waals surface area contributed by atoms with E-state index in [4.69, 9.17) is 4.74 Å². The van der Waals surface area contributed by atoms with Gasteiger partial charge in [-0.05, 0) is 49.6 Å². The second-order valence-corrected chi connectivity index (χ2v) is 6.58. The van der Waals surface area contributed by atoms with Crippen molar-refractivity contribution >= 4 is 29.6 Å². The number of nitrogens with zero attached hydrogens (tertiary/aromatic N) is 1. The topological polar surface area (TPSA) is 109 Å². The van der Waals surface area contributed by atoms with Gasteiger partial charge in [-0.2, -0.15) is 5.10 Å². The fourth-order valence-electron chi connectivity index (χ4n) is 2.46. The number of carbonyl (C=O) groups excluding carboxylic acids is 3. The fourth-order valence-corrected chi connectivity index (χ4v) is 2.46. The van der Waals surface area contributed by atoms with Crippen LogP contribution in [0.4, 0.5) is 5.69 Å². The molecule has 158 valence electrons. The maximum Gasteiger partial charge on any atom is 0.329 e. The van der Waals surface area contributed by atoms with Gasteiger partial charge in [0.15, 0.2) is 6.61 Å². The summed E-state index contributed by atoms with van der Waals surface area (Å²) in [5.74, 6) is -1.48. The van der Waals surface area contributed by atoms with E-state index in [1.807, 2.05) is 39.0 Å². The number of amides is 3. The number of ether oxygens (including phenoxy) is 1. The highest BCUT2D eigenvalue weighted by molar-refractivity contribution is 6.35. The number of para-hydroxylation sites is 1. The Morgan fingerprint density at radius 1 is 1.03 bits per heavy atom. The average molecular weight is 410 g/mol. The Hall–Kier alpha value is -3.68. The van der Waals surface area contributed by atoms with Crippen LogP contribution in [0.1, 0.15) is 30.0 Å². The Bertz CT molecular complexity index is 940. The Kier molecular flexibility index (Phi) is 8.56. The minimum atomic E-state index is -0.856. The first-order chi connectivity index (χ1) is 14.4. The Morgan fingerprint density at radius 2 is 1.80 bits per heavy atom. The molecule has 0 fully saturated rings. The molecule has 2 aromatic rings. The van der Waals surface area contributed by atoms with Gasteiger partial charge in [-0.25, -0.2) is 5.43 Å². The van der Waals surface area contributed by atoms with Gasteiger partial charge in [0.05, 0.1) is 6.21 Å². The molecule has 0 saturated heterocycles. The maximum absolute atomic E-state index is 12.3. The number of rotatable bonds is 8. The van der Waals surface area contributed by atoms with Crippen molar-refractivity contribution in [1.29, 1.82) is 0 Å². The zero-order chi connectivity index (χ0) is 21.9.